The standard InChI is InChI=1S/C10H9NOS/c11-7-4-8-13-10(12)9-5-2-1-3-6-9/h1-3,5-6H,4,8H2. The predicted molar refractivity (Wildman–Crippen MR) is 53.5 cm³/mol. The fraction of sp³-hybridized carbons (Fsp3) is 0.200. The van der Waals surface area contributed by atoms with Gasteiger partial charge >= 0.3 is 0 Å². The van der Waals surface area contributed by atoms with Gasteiger partial charge in [-0.25, -0.2) is 0 Å². The Labute approximate surface area is 81.6 Å². The molecular formula is C10H9NOS. The second kappa shape index (κ2) is 5.39. The van der Waals surface area contributed by atoms with Crippen LogP contribution in [0.1, 0.15) is 16.8 Å². The molecule has 0 aromatic heterocycles. The van der Waals surface area contributed by atoms with Gasteiger partial charge in [-0.2, -0.15) is 5.26 Å². The molecule has 0 fully saturated rings. The summed E-state index contributed by atoms with van der Waals surface area (Å²) < 4.78 is 0. The van der Waals surface area contributed by atoms with E-state index in [0.717, 1.165) is 0 Å². The van der Waals surface area contributed by atoms with Crippen molar-refractivity contribution in [3.8, 4) is 6.07 Å². The Morgan fingerprint density at radius 3 is 2.69 bits per heavy atom. The molecule has 0 saturated heterocycles. The number of nitriles is 1. The Morgan fingerprint density at radius 1 is 1.38 bits per heavy atom. The Bertz CT molecular complexity index is 315. The highest BCUT2D eigenvalue weighted by Gasteiger charge is 2.03. The van der Waals surface area contributed by atoms with E-state index in [9.17, 15) is 4.79 Å². The number of benzene rings is 1. The normalized spacial score (nSPS) is 9.15. The summed E-state index contributed by atoms with van der Waals surface area (Å²) in [4.78, 5) is 11.4. The van der Waals surface area contributed by atoms with Gasteiger partial charge in [-0.1, -0.05) is 42.1 Å². The van der Waals surface area contributed by atoms with E-state index < -0.39 is 0 Å². The topological polar surface area (TPSA) is 40.9 Å². The van der Waals surface area contributed by atoms with Gasteiger partial charge in [-0.15, -0.1) is 0 Å². The third-order valence-electron chi connectivity index (χ3n) is 1.46. The van der Waals surface area contributed by atoms with E-state index in [1.165, 1.54) is 11.8 Å². The summed E-state index contributed by atoms with van der Waals surface area (Å²) in [6, 6.07) is 11.1. The molecule has 0 radical (unpaired) electrons. The minimum atomic E-state index is 0.0378. The van der Waals surface area contributed by atoms with Crippen molar-refractivity contribution < 1.29 is 4.79 Å². The first-order valence-corrected chi connectivity index (χ1v) is 4.92. The lowest BCUT2D eigenvalue weighted by molar-refractivity contribution is 0.108. The molecule has 0 heterocycles. The van der Waals surface area contributed by atoms with E-state index >= 15 is 0 Å². The Hall–Kier alpha value is -1.27. The lowest BCUT2D eigenvalue weighted by atomic mass is 10.2. The molecule has 0 aliphatic rings. The molecular weight excluding hydrogens is 182 g/mol. The summed E-state index contributed by atoms with van der Waals surface area (Å²) in [5.74, 6) is 0.574. The SMILES string of the molecule is N#CCCSC(=O)c1ccccc1. The molecule has 0 saturated carbocycles. The number of carbonyl (C=O) groups is 1. The van der Waals surface area contributed by atoms with Crippen LogP contribution in [0.3, 0.4) is 0 Å². The highest BCUT2D eigenvalue weighted by atomic mass is 32.2. The molecule has 0 atom stereocenters. The van der Waals surface area contributed by atoms with E-state index in [-0.39, 0.29) is 5.12 Å². The molecule has 0 aliphatic heterocycles. The minimum Gasteiger partial charge on any atom is -0.282 e. The molecule has 0 bridgehead atoms. The molecule has 1 aromatic carbocycles. The first-order valence-electron chi connectivity index (χ1n) is 3.93. The maximum Gasteiger partial charge on any atom is 0.219 e. The number of thioether (sulfide) groups is 1. The van der Waals surface area contributed by atoms with Crippen LogP contribution >= 0.6 is 11.8 Å². The van der Waals surface area contributed by atoms with Crippen LogP contribution in [0.25, 0.3) is 0 Å². The Kier molecular flexibility index (Phi) is 4.07. The van der Waals surface area contributed by atoms with Crippen LogP contribution in [-0.2, 0) is 0 Å². The lowest BCUT2D eigenvalue weighted by Crippen LogP contribution is -1.93. The molecule has 0 amide bonds. The smallest absolute Gasteiger partial charge is 0.219 e. The zero-order valence-electron chi connectivity index (χ0n) is 7.06. The summed E-state index contributed by atoms with van der Waals surface area (Å²) >= 11 is 1.19. The summed E-state index contributed by atoms with van der Waals surface area (Å²) in [7, 11) is 0. The predicted octanol–water partition coefficient (Wildman–Crippen LogP) is 2.47. The quantitative estimate of drug-likeness (QED) is 0.689. The molecule has 66 valence electrons. The number of carbonyl (C=O) groups excluding carboxylic acids is 1. The number of hydrogen-bond donors (Lipinski definition) is 0. The monoisotopic (exact) mass is 191 g/mol. The van der Waals surface area contributed by atoms with Crippen LogP contribution in [0.15, 0.2) is 30.3 Å². The van der Waals surface area contributed by atoms with E-state index in [2.05, 4.69) is 0 Å². The Balaban J connectivity index is 2.46. The maximum atomic E-state index is 11.4. The molecule has 2 nitrogen and oxygen atoms in total. The van der Waals surface area contributed by atoms with Crippen molar-refractivity contribution >= 4 is 16.9 Å². The maximum absolute atomic E-state index is 11.4. The van der Waals surface area contributed by atoms with Gasteiger partial charge in [-0.3, -0.25) is 4.79 Å². The van der Waals surface area contributed by atoms with Gasteiger partial charge in [0.25, 0.3) is 0 Å². The zero-order chi connectivity index (χ0) is 9.52. The molecule has 1 rings (SSSR count). The Morgan fingerprint density at radius 2 is 2.08 bits per heavy atom. The van der Waals surface area contributed by atoms with E-state index in [1.807, 2.05) is 24.3 Å². The van der Waals surface area contributed by atoms with Gasteiger partial charge in [0.05, 0.1) is 6.07 Å². The molecule has 1 aromatic rings. The van der Waals surface area contributed by atoms with Gasteiger partial charge in [-0.05, 0) is 0 Å². The van der Waals surface area contributed by atoms with Crippen molar-refractivity contribution in [2.24, 2.45) is 0 Å². The van der Waals surface area contributed by atoms with Crippen molar-refractivity contribution in [1.82, 2.24) is 0 Å². The fourth-order valence-corrected chi connectivity index (χ4v) is 1.53. The number of nitrogens with zero attached hydrogens (tertiary/aromatic N) is 1. The van der Waals surface area contributed by atoms with Crippen LogP contribution < -0.4 is 0 Å². The van der Waals surface area contributed by atoms with Crippen molar-refractivity contribution in [3.63, 3.8) is 0 Å². The first kappa shape index (κ1) is 9.82. The van der Waals surface area contributed by atoms with Crippen LogP contribution in [0.5, 0.6) is 0 Å². The lowest BCUT2D eigenvalue weighted by Gasteiger charge is -1.96. The largest absolute Gasteiger partial charge is 0.282 e. The molecule has 3 heteroatoms. The minimum absolute atomic E-state index is 0.0378. The highest BCUT2D eigenvalue weighted by molar-refractivity contribution is 8.14. The average molecular weight is 191 g/mol. The second-order valence-corrected chi connectivity index (χ2v) is 3.48. The summed E-state index contributed by atoms with van der Waals surface area (Å²) in [6.07, 6.45) is 0.420. The van der Waals surface area contributed by atoms with Gasteiger partial charge in [0, 0.05) is 17.7 Å². The summed E-state index contributed by atoms with van der Waals surface area (Å²) in [6.45, 7) is 0. The molecule has 0 spiro atoms. The van der Waals surface area contributed by atoms with Crippen molar-refractivity contribution in [2.75, 3.05) is 5.75 Å². The molecule has 0 unspecified atom stereocenters. The summed E-state index contributed by atoms with van der Waals surface area (Å²) in [5, 5.41) is 8.31. The highest BCUT2D eigenvalue weighted by Crippen LogP contribution is 2.12. The van der Waals surface area contributed by atoms with Crippen LogP contribution in [0.4, 0.5) is 0 Å². The van der Waals surface area contributed by atoms with Crippen LogP contribution in [0.2, 0.25) is 0 Å². The third kappa shape index (κ3) is 3.30. The second-order valence-electron chi connectivity index (χ2n) is 2.41. The van der Waals surface area contributed by atoms with Crippen molar-refractivity contribution in [2.45, 2.75) is 6.42 Å². The molecule has 0 aliphatic carbocycles. The van der Waals surface area contributed by atoms with Gasteiger partial charge in [0.1, 0.15) is 0 Å². The fourth-order valence-electron chi connectivity index (χ4n) is 0.847. The van der Waals surface area contributed by atoms with Gasteiger partial charge in [0.2, 0.25) is 5.12 Å². The average Bonchev–Trinajstić information content (AvgIpc) is 2.19. The zero-order valence-corrected chi connectivity index (χ0v) is 7.88. The number of hydrogen-bond acceptors (Lipinski definition) is 3. The van der Waals surface area contributed by atoms with E-state index in [1.54, 1.807) is 12.1 Å². The van der Waals surface area contributed by atoms with Gasteiger partial charge in [0.15, 0.2) is 0 Å². The van der Waals surface area contributed by atoms with Crippen molar-refractivity contribution in [1.29, 1.82) is 5.26 Å². The molecule has 0 N–H and O–H groups in total. The van der Waals surface area contributed by atoms with E-state index in [4.69, 9.17) is 5.26 Å². The third-order valence-corrected chi connectivity index (χ3v) is 2.36. The van der Waals surface area contributed by atoms with Crippen molar-refractivity contribution in [3.05, 3.63) is 35.9 Å². The molecule has 13 heavy (non-hydrogen) atoms. The van der Waals surface area contributed by atoms with Crippen LogP contribution in [0, 0.1) is 11.3 Å². The van der Waals surface area contributed by atoms with Crippen LogP contribution in [-0.4, -0.2) is 10.9 Å². The number of rotatable bonds is 3. The first-order chi connectivity index (χ1) is 6.34. The van der Waals surface area contributed by atoms with E-state index in [0.29, 0.717) is 17.7 Å². The summed E-state index contributed by atoms with van der Waals surface area (Å²) in [5.41, 5.74) is 0.699. The van der Waals surface area contributed by atoms with Gasteiger partial charge < -0.3 is 0 Å².